The number of hydrogen-bond donors (Lipinski definition) is 0. The van der Waals surface area contributed by atoms with Crippen molar-refractivity contribution in [3.05, 3.63) is 0 Å². The van der Waals surface area contributed by atoms with Gasteiger partial charge in [0.1, 0.15) is 0 Å². The molecule has 0 fully saturated rings. The van der Waals surface area contributed by atoms with E-state index in [9.17, 15) is 0 Å². The molecule has 10 heavy (non-hydrogen) atoms. The van der Waals surface area contributed by atoms with Gasteiger partial charge in [-0.1, -0.05) is 0 Å². The summed E-state index contributed by atoms with van der Waals surface area (Å²) >= 11 is 5.26. The van der Waals surface area contributed by atoms with E-state index < -0.39 is 0 Å². The summed E-state index contributed by atoms with van der Waals surface area (Å²) in [4.78, 5) is 0. The molecule has 0 aliphatic heterocycles. The molecule has 0 bridgehead atoms. The van der Waals surface area contributed by atoms with Gasteiger partial charge in [0.25, 0.3) is 0 Å². The van der Waals surface area contributed by atoms with E-state index in [0.717, 1.165) is 13.2 Å². The van der Waals surface area contributed by atoms with Crippen LogP contribution in [0, 0.1) is 0 Å². The number of hydrogen-bond acceptors (Lipinski definition) is 2. The molecule has 2 nitrogen and oxygen atoms in total. The van der Waals surface area contributed by atoms with Crippen molar-refractivity contribution in [2.75, 3.05) is 32.8 Å². The van der Waals surface area contributed by atoms with Crippen LogP contribution < -0.4 is 0 Å². The Balaban J connectivity index is 0. The molecule has 0 atom stereocenters. The van der Waals surface area contributed by atoms with Crippen LogP contribution in [0.15, 0.2) is 0 Å². The van der Waals surface area contributed by atoms with Crippen LogP contribution in [0.3, 0.4) is 0 Å². The van der Waals surface area contributed by atoms with Gasteiger partial charge in [0.15, 0.2) is 0 Å². The van der Waals surface area contributed by atoms with Gasteiger partial charge < -0.3 is 9.47 Å². The number of alkyl halides is 1. The second-order valence-corrected chi connectivity index (χ2v) is 1.84. The fourth-order valence-electron chi connectivity index (χ4n) is 0.199. The Hall–Kier alpha value is 0.210. The van der Waals surface area contributed by atoms with Gasteiger partial charge in [-0.05, 0) is 13.8 Å². The van der Waals surface area contributed by atoms with Crippen molar-refractivity contribution in [3.63, 3.8) is 0 Å². The zero-order valence-corrected chi connectivity index (χ0v) is 7.78. The van der Waals surface area contributed by atoms with Gasteiger partial charge in [-0.2, -0.15) is 0 Å². The fraction of sp³-hybridized carbons (Fsp3) is 1.00. The fourth-order valence-corrected chi connectivity index (χ4v) is 0.308. The van der Waals surface area contributed by atoms with Crippen LogP contribution in [0.2, 0.25) is 0 Å². The Morgan fingerprint density at radius 3 is 1.80 bits per heavy atom. The molecule has 0 unspecified atom stereocenters. The summed E-state index contributed by atoms with van der Waals surface area (Å²) in [7, 11) is 1.68. The SMILES string of the molecule is CCOC.CCOCCCl. The minimum Gasteiger partial charge on any atom is -0.385 e. The van der Waals surface area contributed by atoms with Gasteiger partial charge in [0.2, 0.25) is 0 Å². The van der Waals surface area contributed by atoms with Crippen LogP contribution >= 0.6 is 11.6 Å². The summed E-state index contributed by atoms with van der Waals surface area (Å²) in [6, 6.07) is 0. The van der Waals surface area contributed by atoms with E-state index in [-0.39, 0.29) is 0 Å². The molecule has 0 heterocycles. The molecule has 0 aromatic heterocycles. The van der Waals surface area contributed by atoms with Gasteiger partial charge in [-0.15, -0.1) is 11.6 Å². The summed E-state index contributed by atoms with van der Waals surface area (Å²) in [6.07, 6.45) is 0. The van der Waals surface area contributed by atoms with Gasteiger partial charge >= 0.3 is 0 Å². The minimum atomic E-state index is 0.605. The molecule has 0 saturated heterocycles. The summed E-state index contributed by atoms with van der Waals surface area (Å²) in [5.74, 6) is 0.605. The minimum absolute atomic E-state index is 0.605. The van der Waals surface area contributed by atoms with Crippen LogP contribution in [-0.2, 0) is 9.47 Å². The molecule has 3 heteroatoms. The average Bonchev–Trinajstić information content (AvgIpc) is 2.01. The summed E-state index contributed by atoms with van der Waals surface area (Å²) in [5.41, 5.74) is 0. The maximum Gasteiger partial charge on any atom is 0.0601 e. The Morgan fingerprint density at radius 1 is 1.20 bits per heavy atom. The van der Waals surface area contributed by atoms with Crippen molar-refractivity contribution in [2.45, 2.75) is 13.8 Å². The number of methoxy groups -OCH3 is 1. The van der Waals surface area contributed by atoms with Gasteiger partial charge in [0.05, 0.1) is 6.61 Å². The predicted octanol–water partition coefficient (Wildman–Crippen LogP) is 1.91. The highest BCUT2D eigenvalue weighted by atomic mass is 35.5. The number of rotatable bonds is 4. The molecule has 0 aromatic carbocycles. The molecule has 0 radical (unpaired) electrons. The Bertz CT molecular complexity index is 36.6. The predicted molar refractivity (Wildman–Crippen MR) is 44.8 cm³/mol. The van der Waals surface area contributed by atoms with Crippen LogP contribution in [0.25, 0.3) is 0 Å². The van der Waals surface area contributed by atoms with Crippen molar-refractivity contribution in [1.29, 1.82) is 0 Å². The van der Waals surface area contributed by atoms with Gasteiger partial charge in [-0.3, -0.25) is 0 Å². The van der Waals surface area contributed by atoms with E-state index in [1.165, 1.54) is 0 Å². The molecular weight excluding hydrogens is 152 g/mol. The topological polar surface area (TPSA) is 18.5 Å². The largest absolute Gasteiger partial charge is 0.385 e. The lowest BCUT2D eigenvalue weighted by Gasteiger charge is -1.90. The summed E-state index contributed by atoms with van der Waals surface area (Å²) < 4.78 is 9.39. The Kier molecular flexibility index (Phi) is 20.7. The third-order valence-electron chi connectivity index (χ3n) is 0.714. The highest BCUT2D eigenvalue weighted by Crippen LogP contribution is 1.75. The smallest absolute Gasteiger partial charge is 0.0601 e. The lowest BCUT2D eigenvalue weighted by atomic mass is 10.8. The molecule has 0 aliphatic rings. The lowest BCUT2D eigenvalue weighted by molar-refractivity contribution is 0.164. The molecule has 0 saturated carbocycles. The highest BCUT2D eigenvalue weighted by Gasteiger charge is 1.74. The third kappa shape index (κ3) is 24.1. The van der Waals surface area contributed by atoms with Crippen molar-refractivity contribution < 1.29 is 9.47 Å². The maximum atomic E-state index is 5.26. The lowest BCUT2D eigenvalue weighted by Crippen LogP contribution is -1.92. The van der Waals surface area contributed by atoms with Crippen LogP contribution in [0.1, 0.15) is 13.8 Å². The van der Waals surface area contributed by atoms with Crippen molar-refractivity contribution >= 4 is 11.6 Å². The van der Waals surface area contributed by atoms with Crippen LogP contribution in [-0.4, -0.2) is 32.8 Å². The summed E-state index contributed by atoms with van der Waals surface area (Å²) in [5, 5.41) is 0. The van der Waals surface area contributed by atoms with Gasteiger partial charge in [-0.25, -0.2) is 0 Å². The average molecular weight is 169 g/mol. The second kappa shape index (κ2) is 16.1. The molecule has 0 aliphatic carbocycles. The first-order valence-electron chi connectivity index (χ1n) is 3.46. The van der Waals surface area contributed by atoms with Crippen molar-refractivity contribution in [1.82, 2.24) is 0 Å². The molecule has 0 amide bonds. The van der Waals surface area contributed by atoms with Crippen LogP contribution in [0.4, 0.5) is 0 Å². The zero-order valence-electron chi connectivity index (χ0n) is 7.02. The standard InChI is InChI=1S/C4H9ClO.C3H8O/c1-2-6-4-3-5;1-3-4-2/h2-4H2,1H3;3H2,1-2H3. The Labute approximate surface area is 68.5 Å². The molecular formula is C7H17ClO2. The first-order chi connectivity index (χ1) is 4.83. The van der Waals surface area contributed by atoms with E-state index in [1.54, 1.807) is 7.11 Å². The normalized spacial score (nSPS) is 8.40. The first kappa shape index (κ1) is 12.8. The van der Waals surface area contributed by atoms with E-state index in [4.69, 9.17) is 16.3 Å². The Morgan fingerprint density at radius 2 is 1.70 bits per heavy atom. The van der Waals surface area contributed by atoms with E-state index in [1.807, 2.05) is 13.8 Å². The molecule has 0 spiro atoms. The molecule has 0 N–H and O–H groups in total. The summed E-state index contributed by atoms with van der Waals surface area (Å²) in [6.45, 7) is 6.18. The highest BCUT2D eigenvalue weighted by molar-refractivity contribution is 6.17. The van der Waals surface area contributed by atoms with Crippen molar-refractivity contribution in [3.8, 4) is 0 Å². The van der Waals surface area contributed by atoms with Crippen LogP contribution in [0.5, 0.6) is 0 Å². The van der Waals surface area contributed by atoms with Crippen molar-refractivity contribution in [2.24, 2.45) is 0 Å². The number of ether oxygens (including phenoxy) is 2. The first-order valence-corrected chi connectivity index (χ1v) is 3.99. The second-order valence-electron chi connectivity index (χ2n) is 1.46. The van der Waals surface area contributed by atoms with Gasteiger partial charge in [0, 0.05) is 26.2 Å². The zero-order chi connectivity index (χ0) is 8.24. The van der Waals surface area contributed by atoms with E-state index in [2.05, 4.69) is 4.74 Å². The maximum absolute atomic E-state index is 5.26. The molecule has 64 valence electrons. The van der Waals surface area contributed by atoms with E-state index >= 15 is 0 Å². The third-order valence-corrected chi connectivity index (χ3v) is 0.869. The molecule has 0 aromatic rings. The monoisotopic (exact) mass is 168 g/mol. The quantitative estimate of drug-likeness (QED) is 0.472. The van der Waals surface area contributed by atoms with E-state index in [0.29, 0.717) is 12.5 Å². The number of halogens is 1. The molecule has 0 rings (SSSR count).